The van der Waals surface area contributed by atoms with Gasteiger partial charge in [0.1, 0.15) is 11.4 Å². The molecule has 2 rings (SSSR count). The van der Waals surface area contributed by atoms with Crippen molar-refractivity contribution in [2.45, 2.75) is 0 Å². The Labute approximate surface area is 104 Å². The molecule has 2 aromatic carbocycles. The van der Waals surface area contributed by atoms with E-state index in [0.29, 0.717) is 11.3 Å². The topological polar surface area (TPSA) is 78.4 Å². The minimum Gasteiger partial charge on any atom is -0.497 e. The number of nitrogens with two attached hydrogens (primary N) is 1. The molecule has 0 bridgehead atoms. The van der Waals surface area contributed by atoms with Gasteiger partial charge in [-0.2, -0.15) is 0 Å². The van der Waals surface area contributed by atoms with Crippen LogP contribution in [0.2, 0.25) is 0 Å². The Kier molecular flexibility index (Phi) is 3.14. The van der Waals surface area contributed by atoms with Gasteiger partial charge in [0.25, 0.3) is 5.69 Å². The number of methoxy groups -OCH3 is 1. The first kappa shape index (κ1) is 11.9. The smallest absolute Gasteiger partial charge is 0.299 e. The minimum atomic E-state index is -0.463. The fraction of sp³-hybridized carbons (Fsp3) is 0.0769. The largest absolute Gasteiger partial charge is 0.497 e. The van der Waals surface area contributed by atoms with Crippen molar-refractivity contribution in [1.82, 2.24) is 0 Å². The highest BCUT2D eigenvalue weighted by Crippen LogP contribution is 2.34. The summed E-state index contributed by atoms with van der Waals surface area (Å²) in [5.74, 6) is 0.699. The van der Waals surface area contributed by atoms with Crippen LogP contribution in [0.3, 0.4) is 0 Å². The van der Waals surface area contributed by atoms with Gasteiger partial charge in [-0.1, -0.05) is 18.2 Å². The number of nitro benzene ring substituents is 1. The maximum absolute atomic E-state index is 11.0. The molecule has 0 aliphatic rings. The highest BCUT2D eigenvalue weighted by atomic mass is 16.6. The molecule has 0 heterocycles. The Hall–Kier alpha value is -2.56. The summed E-state index contributed by atoms with van der Waals surface area (Å²) < 4.78 is 5.05. The summed E-state index contributed by atoms with van der Waals surface area (Å²) in [7, 11) is 1.57. The summed E-state index contributed by atoms with van der Waals surface area (Å²) >= 11 is 0. The second kappa shape index (κ2) is 4.75. The third-order valence-electron chi connectivity index (χ3n) is 2.65. The standard InChI is InChI=1S/C13H12N2O3/c1-18-10-7-5-9(6-8-10)11-3-2-4-12(14)13(11)15(16)17/h2-8H,14H2,1H3. The quantitative estimate of drug-likeness (QED) is 0.511. The van der Waals surface area contributed by atoms with E-state index in [4.69, 9.17) is 10.5 Å². The Morgan fingerprint density at radius 3 is 2.39 bits per heavy atom. The van der Waals surface area contributed by atoms with Crippen LogP contribution >= 0.6 is 0 Å². The third kappa shape index (κ3) is 2.10. The average molecular weight is 244 g/mol. The van der Waals surface area contributed by atoms with Crippen molar-refractivity contribution >= 4 is 11.4 Å². The van der Waals surface area contributed by atoms with E-state index in [1.807, 2.05) is 0 Å². The first-order valence-electron chi connectivity index (χ1n) is 5.31. The third-order valence-corrected chi connectivity index (χ3v) is 2.65. The van der Waals surface area contributed by atoms with Gasteiger partial charge in [-0.15, -0.1) is 0 Å². The van der Waals surface area contributed by atoms with Crippen LogP contribution in [0.4, 0.5) is 11.4 Å². The number of ether oxygens (including phenoxy) is 1. The molecule has 0 amide bonds. The van der Waals surface area contributed by atoms with Crippen molar-refractivity contribution < 1.29 is 9.66 Å². The predicted octanol–water partition coefficient (Wildman–Crippen LogP) is 2.85. The lowest BCUT2D eigenvalue weighted by Crippen LogP contribution is -1.97. The number of nitrogen functional groups attached to an aromatic ring is 1. The first-order chi connectivity index (χ1) is 8.63. The van der Waals surface area contributed by atoms with Crippen molar-refractivity contribution in [3.8, 4) is 16.9 Å². The molecule has 18 heavy (non-hydrogen) atoms. The number of nitro groups is 1. The minimum absolute atomic E-state index is 0.0670. The summed E-state index contributed by atoms with van der Waals surface area (Å²) in [6.45, 7) is 0. The summed E-state index contributed by atoms with van der Waals surface area (Å²) in [6.07, 6.45) is 0. The monoisotopic (exact) mass is 244 g/mol. The number of nitrogens with zero attached hydrogens (tertiary/aromatic N) is 1. The number of benzene rings is 2. The average Bonchev–Trinajstić information content (AvgIpc) is 2.38. The van der Waals surface area contributed by atoms with Crippen molar-refractivity contribution in [2.75, 3.05) is 12.8 Å². The maximum atomic E-state index is 11.0. The van der Waals surface area contributed by atoms with Crippen LogP contribution in [0.5, 0.6) is 5.75 Å². The van der Waals surface area contributed by atoms with E-state index in [1.165, 1.54) is 6.07 Å². The molecular formula is C13H12N2O3. The fourth-order valence-electron chi connectivity index (χ4n) is 1.77. The molecule has 5 nitrogen and oxygen atoms in total. The second-order valence-electron chi connectivity index (χ2n) is 3.73. The Morgan fingerprint density at radius 1 is 1.17 bits per heavy atom. The van der Waals surface area contributed by atoms with Crippen LogP contribution in [0.25, 0.3) is 11.1 Å². The molecule has 0 aliphatic heterocycles. The van der Waals surface area contributed by atoms with E-state index in [9.17, 15) is 10.1 Å². The SMILES string of the molecule is COc1ccc(-c2cccc(N)c2[N+](=O)[O-])cc1. The predicted molar refractivity (Wildman–Crippen MR) is 69.5 cm³/mol. The maximum Gasteiger partial charge on any atom is 0.299 e. The molecule has 0 atom stereocenters. The van der Waals surface area contributed by atoms with Crippen LogP contribution in [0.15, 0.2) is 42.5 Å². The highest BCUT2D eigenvalue weighted by molar-refractivity contribution is 5.81. The number of anilines is 1. The molecule has 2 aromatic rings. The van der Waals surface area contributed by atoms with Gasteiger partial charge in [0.05, 0.1) is 17.6 Å². The second-order valence-corrected chi connectivity index (χ2v) is 3.73. The molecule has 5 heteroatoms. The number of hydrogen-bond acceptors (Lipinski definition) is 4. The number of para-hydroxylation sites is 1. The van der Waals surface area contributed by atoms with Crippen molar-refractivity contribution in [3.05, 3.63) is 52.6 Å². The lowest BCUT2D eigenvalue weighted by Gasteiger charge is -2.06. The highest BCUT2D eigenvalue weighted by Gasteiger charge is 2.18. The van der Waals surface area contributed by atoms with Gasteiger partial charge < -0.3 is 10.5 Å². The normalized spacial score (nSPS) is 10.1. The van der Waals surface area contributed by atoms with Crippen LogP contribution in [0, 0.1) is 10.1 Å². The molecule has 0 radical (unpaired) electrons. The molecule has 0 aromatic heterocycles. The van der Waals surface area contributed by atoms with Crippen LogP contribution < -0.4 is 10.5 Å². The zero-order valence-corrected chi connectivity index (χ0v) is 9.79. The summed E-state index contributed by atoms with van der Waals surface area (Å²) in [6, 6.07) is 11.9. The van der Waals surface area contributed by atoms with Crippen LogP contribution in [-0.2, 0) is 0 Å². The summed E-state index contributed by atoms with van der Waals surface area (Å²) in [5, 5.41) is 11.0. The van der Waals surface area contributed by atoms with E-state index in [-0.39, 0.29) is 11.4 Å². The van der Waals surface area contributed by atoms with Gasteiger partial charge in [0.2, 0.25) is 0 Å². The van der Waals surface area contributed by atoms with E-state index in [0.717, 1.165) is 5.56 Å². The Bertz CT molecular complexity index is 579. The first-order valence-corrected chi connectivity index (χ1v) is 5.31. The van der Waals surface area contributed by atoms with E-state index >= 15 is 0 Å². The lowest BCUT2D eigenvalue weighted by molar-refractivity contribution is -0.383. The Morgan fingerprint density at radius 2 is 1.83 bits per heavy atom. The zero-order chi connectivity index (χ0) is 13.1. The molecule has 0 fully saturated rings. The van der Waals surface area contributed by atoms with Crippen LogP contribution in [-0.4, -0.2) is 12.0 Å². The Balaban J connectivity index is 2.56. The molecule has 0 saturated heterocycles. The molecule has 0 aliphatic carbocycles. The van der Waals surface area contributed by atoms with Gasteiger partial charge in [0, 0.05) is 0 Å². The molecule has 0 unspecified atom stereocenters. The van der Waals surface area contributed by atoms with Gasteiger partial charge in [0.15, 0.2) is 0 Å². The number of hydrogen-bond donors (Lipinski definition) is 1. The summed E-state index contributed by atoms with van der Waals surface area (Å²) in [4.78, 5) is 10.6. The molecular weight excluding hydrogens is 232 g/mol. The van der Waals surface area contributed by atoms with E-state index < -0.39 is 4.92 Å². The van der Waals surface area contributed by atoms with Gasteiger partial charge in [-0.05, 0) is 29.8 Å². The molecule has 2 N–H and O–H groups in total. The molecule has 0 spiro atoms. The van der Waals surface area contributed by atoms with E-state index in [1.54, 1.807) is 43.5 Å². The van der Waals surface area contributed by atoms with Gasteiger partial charge in [-0.3, -0.25) is 10.1 Å². The molecule has 92 valence electrons. The van der Waals surface area contributed by atoms with Crippen molar-refractivity contribution in [1.29, 1.82) is 0 Å². The summed E-state index contributed by atoms with van der Waals surface area (Å²) in [5.41, 5.74) is 6.98. The van der Waals surface area contributed by atoms with Crippen molar-refractivity contribution in [3.63, 3.8) is 0 Å². The van der Waals surface area contributed by atoms with Crippen molar-refractivity contribution in [2.24, 2.45) is 0 Å². The van der Waals surface area contributed by atoms with Crippen LogP contribution in [0.1, 0.15) is 0 Å². The van der Waals surface area contributed by atoms with Gasteiger partial charge >= 0.3 is 0 Å². The molecule has 0 saturated carbocycles. The van der Waals surface area contributed by atoms with E-state index in [2.05, 4.69) is 0 Å². The zero-order valence-electron chi connectivity index (χ0n) is 9.79. The number of rotatable bonds is 3. The fourth-order valence-corrected chi connectivity index (χ4v) is 1.77. The van der Waals surface area contributed by atoms with Gasteiger partial charge in [-0.25, -0.2) is 0 Å². The lowest BCUT2D eigenvalue weighted by atomic mass is 10.0.